The van der Waals surface area contributed by atoms with E-state index in [1.54, 1.807) is 18.2 Å². The summed E-state index contributed by atoms with van der Waals surface area (Å²) < 4.78 is 10.5. The zero-order valence-corrected chi connectivity index (χ0v) is 12.5. The second-order valence-electron chi connectivity index (χ2n) is 4.88. The molecule has 2 aromatic carbocycles. The predicted octanol–water partition coefficient (Wildman–Crippen LogP) is 3.26. The summed E-state index contributed by atoms with van der Waals surface area (Å²) in [6.07, 6.45) is 1.43. The van der Waals surface area contributed by atoms with Crippen molar-refractivity contribution in [2.24, 2.45) is 0 Å². The predicted molar refractivity (Wildman–Crippen MR) is 85.1 cm³/mol. The standard InChI is InChI=1S/C16H10ClN3O3/c17-9-5-14-15(23-8-22-14)6-12(9)20-16(21)13-7-18-10-3-1-2-4-11(10)19-13/h1-7H,8H2,(H,20,21). The molecule has 6 nitrogen and oxygen atoms in total. The van der Waals surface area contributed by atoms with Crippen LogP contribution in [0.2, 0.25) is 5.02 Å². The molecule has 1 amide bonds. The average Bonchev–Trinajstić information content (AvgIpc) is 3.01. The molecule has 0 atom stereocenters. The first-order chi connectivity index (χ1) is 11.2. The molecule has 0 unspecified atom stereocenters. The Morgan fingerprint density at radius 2 is 1.87 bits per heavy atom. The van der Waals surface area contributed by atoms with E-state index < -0.39 is 5.91 Å². The van der Waals surface area contributed by atoms with Gasteiger partial charge in [0.25, 0.3) is 5.91 Å². The number of fused-ring (bicyclic) bond motifs is 2. The summed E-state index contributed by atoms with van der Waals surface area (Å²) in [5.74, 6) is 0.691. The van der Waals surface area contributed by atoms with Gasteiger partial charge in [-0.2, -0.15) is 0 Å². The maximum Gasteiger partial charge on any atom is 0.275 e. The average molecular weight is 328 g/mol. The van der Waals surface area contributed by atoms with Crippen LogP contribution in [0.3, 0.4) is 0 Å². The van der Waals surface area contributed by atoms with Gasteiger partial charge in [0, 0.05) is 12.1 Å². The highest BCUT2D eigenvalue weighted by Gasteiger charge is 2.18. The Kier molecular flexibility index (Phi) is 3.24. The van der Waals surface area contributed by atoms with Gasteiger partial charge in [0.2, 0.25) is 6.79 Å². The maximum absolute atomic E-state index is 12.4. The highest BCUT2D eigenvalue weighted by Crippen LogP contribution is 2.39. The number of rotatable bonds is 2. The molecule has 0 bridgehead atoms. The van der Waals surface area contributed by atoms with Crippen LogP contribution in [0.4, 0.5) is 5.69 Å². The Labute approximate surface area is 136 Å². The molecule has 0 saturated heterocycles. The van der Waals surface area contributed by atoms with Gasteiger partial charge < -0.3 is 14.8 Å². The van der Waals surface area contributed by atoms with Gasteiger partial charge >= 0.3 is 0 Å². The zero-order valence-electron chi connectivity index (χ0n) is 11.7. The van der Waals surface area contributed by atoms with Gasteiger partial charge in [-0.15, -0.1) is 0 Å². The molecule has 1 N–H and O–H groups in total. The monoisotopic (exact) mass is 327 g/mol. The molecular weight excluding hydrogens is 318 g/mol. The molecule has 0 saturated carbocycles. The van der Waals surface area contributed by atoms with E-state index in [0.717, 1.165) is 5.52 Å². The number of aromatic nitrogens is 2. The maximum atomic E-state index is 12.4. The van der Waals surface area contributed by atoms with Crippen LogP contribution in [0.15, 0.2) is 42.6 Å². The summed E-state index contributed by atoms with van der Waals surface area (Å²) in [7, 11) is 0. The Morgan fingerprint density at radius 1 is 1.13 bits per heavy atom. The van der Waals surface area contributed by atoms with Crippen LogP contribution in [-0.2, 0) is 0 Å². The van der Waals surface area contributed by atoms with Crippen LogP contribution in [0.5, 0.6) is 11.5 Å². The third-order valence-electron chi connectivity index (χ3n) is 3.39. The number of carbonyl (C=O) groups is 1. The molecular formula is C16H10ClN3O3. The van der Waals surface area contributed by atoms with Crippen LogP contribution in [0.25, 0.3) is 11.0 Å². The quantitative estimate of drug-likeness (QED) is 0.782. The van der Waals surface area contributed by atoms with E-state index in [1.165, 1.54) is 6.20 Å². The number of nitrogens with one attached hydrogen (secondary N) is 1. The molecule has 0 fully saturated rings. The van der Waals surface area contributed by atoms with E-state index in [0.29, 0.717) is 27.7 Å². The minimum atomic E-state index is -0.399. The fourth-order valence-electron chi connectivity index (χ4n) is 2.27. The molecule has 0 radical (unpaired) electrons. The van der Waals surface area contributed by atoms with E-state index >= 15 is 0 Å². The molecule has 2 heterocycles. The van der Waals surface area contributed by atoms with E-state index in [1.807, 2.05) is 18.2 Å². The van der Waals surface area contributed by atoms with Crippen LogP contribution >= 0.6 is 11.6 Å². The molecule has 7 heteroatoms. The fourth-order valence-corrected chi connectivity index (χ4v) is 2.47. The van der Waals surface area contributed by atoms with Gasteiger partial charge in [-0.25, -0.2) is 4.98 Å². The van der Waals surface area contributed by atoms with Gasteiger partial charge in [-0.05, 0) is 12.1 Å². The highest BCUT2D eigenvalue weighted by atomic mass is 35.5. The van der Waals surface area contributed by atoms with E-state index in [2.05, 4.69) is 15.3 Å². The smallest absolute Gasteiger partial charge is 0.275 e. The lowest BCUT2D eigenvalue weighted by Crippen LogP contribution is -2.14. The number of ether oxygens (including phenoxy) is 2. The van der Waals surface area contributed by atoms with Crippen LogP contribution in [0, 0.1) is 0 Å². The minimum absolute atomic E-state index is 0.138. The first-order valence-electron chi connectivity index (χ1n) is 6.83. The van der Waals surface area contributed by atoms with Crippen molar-refractivity contribution in [3.8, 4) is 11.5 Å². The molecule has 1 aliphatic rings. The van der Waals surface area contributed by atoms with Crippen molar-refractivity contribution >= 4 is 34.2 Å². The molecule has 4 rings (SSSR count). The lowest BCUT2D eigenvalue weighted by molar-refractivity contribution is 0.102. The van der Waals surface area contributed by atoms with Crippen molar-refractivity contribution in [2.45, 2.75) is 0 Å². The van der Waals surface area contributed by atoms with Crippen molar-refractivity contribution in [3.05, 3.63) is 53.3 Å². The lowest BCUT2D eigenvalue weighted by Gasteiger charge is -2.08. The van der Waals surface area contributed by atoms with E-state index in [4.69, 9.17) is 21.1 Å². The number of hydrogen-bond donors (Lipinski definition) is 1. The zero-order chi connectivity index (χ0) is 15.8. The van der Waals surface area contributed by atoms with Crippen molar-refractivity contribution in [1.82, 2.24) is 9.97 Å². The van der Waals surface area contributed by atoms with Crippen molar-refractivity contribution in [1.29, 1.82) is 0 Å². The summed E-state index contributed by atoms with van der Waals surface area (Å²) in [4.78, 5) is 20.9. The number of carbonyl (C=O) groups excluding carboxylic acids is 1. The minimum Gasteiger partial charge on any atom is -0.454 e. The summed E-state index contributed by atoms with van der Waals surface area (Å²) in [5.41, 5.74) is 2.01. The Morgan fingerprint density at radius 3 is 2.70 bits per heavy atom. The van der Waals surface area contributed by atoms with Crippen LogP contribution in [0.1, 0.15) is 10.5 Å². The Hall–Kier alpha value is -2.86. The third-order valence-corrected chi connectivity index (χ3v) is 3.70. The number of halogens is 1. The largest absolute Gasteiger partial charge is 0.454 e. The topological polar surface area (TPSA) is 73.3 Å². The molecule has 1 aromatic heterocycles. The fraction of sp³-hybridized carbons (Fsp3) is 0.0625. The molecule has 0 spiro atoms. The van der Waals surface area contributed by atoms with Gasteiger partial charge in [-0.1, -0.05) is 23.7 Å². The first-order valence-corrected chi connectivity index (χ1v) is 7.21. The normalized spacial score (nSPS) is 12.4. The van der Waals surface area contributed by atoms with Crippen molar-refractivity contribution < 1.29 is 14.3 Å². The van der Waals surface area contributed by atoms with Crippen LogP contribution in [-0.4, -0.2) is 22.7 Å². The SMILES string of the molecule is O=C(Nc1cc2c(cc1Cl)OCO2)c1cnc2ccccc2n1. The number of para-hydroxylation sites is 2. The number of nitrogens with zero attached hydrogens (tertiary/aromatic N) is 2. The Bertz CT molecular complexity index is 930. The number of hydrogen-bond acceptors (Lipinski definition) is 5. The van der Waals surface area contributed by atoms with Crippen molar-refractivity contribution in [3.63, 3.8) is 0 Å². The summed E-state index contributed by atoms with van der Waals surface area (Å²) in [6, 6.07) is 10.6. The second-order valence-corrected chi connectivity index (χ2v) is 5.29. The molecule has 1 aliphatic heterocycles. The van der Waals surface area contributed by atoms with Crippen molar-refractivity contribution in [2.75, 3.05) is 12.1 Å². The first kappa shape index (κ1) is 13.8. The molecule has 114 valence electrons. The lowest BCUT2D eigenvalue weighted by atomic mass is 10.2. The molecule has 3 aromatic rings. The summed E-state index contributed by atoms with van der Waals surface area (Å²) in [5, 5.41) is 3.07. The van der Waals surface area contributed by atoms with Gasteiger partial charge in [0.05, 0.1) is 27.9 Å². The summed E-state index contributed by atoms with van der Waals surface area (Å²) >= 11 is 6.15. The second kappa shape index (κ2) is 5.40. The van der Waals surface area contributed by atoms with Gasteiger partial charge in [0.15, 0.2) is 11.5 Å². The number of amides is 1. The van der Waals surface area contributed by atoms with E-state index in [9.17, 15) is 4.79 Å². The van der Waals surface area contributed by atoms with Crippen LogP contribution < -0.4 is 14.8 Å². The van der Waals surface area contributed by atoms with Gasteiger partial charge in [-0.3, -0.25) is 9.78 Å². The molecule has 23 heavy (non-hydrogen) atoms. The third kappa shape index (κ3) is 2.53. The Balaban J connectivity index is 1.64. The number of anilines is 1. The molecule has 0 aliphatic carbocycles. The highest BCUT2D eigenvalue weighted by molar-refractivity contribution is 6.34. The summed E-state index contributed by atoms with van der Waals surface area (Å²) in [6.45, 7) is 0.138. The van der Waals surface area contributed by atoms with E-state index in [-0.39, 0.29) is 12.5 Å². The van der Waals surface area contributed by atoms with Gasteiger partial charge in [0.1, 0.15) is 5.69 Å². The number of benzene rings is 2.